The van der Waals surface area contributed by atoms with Crippen LogP contribution in [-0.4, -0.2) is 15.0 Å². The van der Waals surface area contributed by atoms with Gasteiger partial charge in [0.1, 0.15) is 0 Å². The van der Waals surface area contributed by atoms with Crippen LogP contribution >= 0.6 is 0 Å². The van der Waals surface area contributed by atoms with Crippen LogP contribution < -0.4 is 8.92 Å². The fourth-order valence-corrected chi connectivity index (χ4v) is 5.00. The SMILES string of the molecule is Fc1cc(F)c2c([Se]c3ccccc3)cc3ccccc3c2c1. The summed E-state index contributed by atoms with van der Waals surface area (Å²) in [6.07, 6.45) is 0. The molecule has 4 aromatic carbocycles. The molecular formula is C20H12F2Se. The van der Waals surface area contributed by atoms with Gasteiger partial charge in [-0.3, -0.25) is 0 Å². The van der Waals surface area contributed by atoms with Crippen LogP contribution in [0.2, 0.25) is 0 Å². The molecule has 0 spiro atoms. The van der Waals surface area contributed by atoms with Crippen LogP contribution in [0.4, 0.5) is 8.78 Å². The molecule has 0 aromatic heterocycles. The second kappa shape index (κ2) is 5.77. The van der Waals surface area contributed by atoms with Gasteiger partial charge in [-0.2, -0.15) is 0 Å². The Labute approximate surface area is 138 Å². The third kappa shape index (κ3) is 2.63. The Kier molecular flexibility index (Phi) is 3.60. The molecule has 0 heterocycles. The third-order valence-corrected chi connectivity index (χ3v) is 6.01. The van der Waals surface area contributed by atoms with Crippen molar-refractivity contribution in [2.24, 2.45) is 0 Å². The monoisotopic (exact) mass is 370 g/mol. The van der Waals surface area contributed by atoms with E-state index in [9.17, 15) is 8.78 Å². The molecule has 0 amide bonds. The predicted octanol–water partition coefficient (Wildman–Crippen LogP) is 3.93. The van der Waals surface area contributed by atoms with Gasteiger partial charge in [-0.1, -0.05) is 0 Å². The van der Waals surface area contributed by atoms with E-state index < -0.39 is 11.6 Å². The van der Waals surface area contributed by atoms with Crippen LogP contribution in [0.15, 0.2) is 72.8 Å². The summed E-state index contributed by atoms with van der Waals surface area (Å²) in [5.74, 6) is -1.02. The summed E-state index contributed by atoms with van der Waals surface area (Å²) in [4.78, 5) is 0. The fraction of sp³-hybridized carbons (Fsp3) is 0. The van der Waals surface area contributed by atoms with Crippen LogP contribution in [0.25, 0.3) is 21.5 Å². The van der Waals surface area contributed by atoms with Crippen molar-refractivity contribution >= 4 is 45.4 Å². The quantitative estimate of drug-likeness (QED) is 0.371. The molecule has 0 aliphatic rings. The van der Waals surface area contributed by atoms with Crippen LogP contribution in [0.5, 0.6) is 0 Å². The van der Waals surface area contributed by atoms with Gasteiger partial charge in [0.2, 0.25) is 0 Å². The zero-order valence-corrected chi connectivity index (χ0v) is 13.8. The summed E-state index contributed by atoms with van der Waals surface area (Å²) < 4.78 is 30.4. The van der Waals surface area contributed by atoms with Crippen molar-refractivity contribution in [3.05, 3.63) is 84.4 Å². The molecule has 0 saturated carbocycles. The number of fused-ring (bicyclic) bond motifs is 3. The summed E-state index contributed by atoms with van der Waals surface area (Å²) >= 11 is -0.0395. The maximum absolute atomic E-state index is 14.5. The van der Waals surface area contributed by atoms with Gasteiger partial charge in [-0.05, 0) is 0 Å². The van der Waals surface area contributed by atoms with Crippen molar-refractivity contribution in [3.8, 4) is 0 Å². The Morgan fingerprint density at radius 2 is 1.43 bits per heavy atom. The Balaban J connectivity index is 2.05. The topological polar surface area (TPSA) is 0 Å². The molecule has 0 radical (unpaired) electrons. The summed E-state index contributed by atoms with van der Waals surface area (Å²) in [6, 6.07) is 22.2. The van der Waals surface area contributed by atoms with Crippen LogP contribution in [0.3, 0.4) is 0 Å². The first-order chi connectivity index (χ1) is 11.2. The van der Waals surface area contributed by atoms with Crippen molar-refractivity contribution in [2.45, 2.75) is 0 Å². The molecule has 0 fully saturated rings. The van der Waals surface area contributed by atoms with Gasteiger partial charge in [0, 0.05) is 0 Å². The van der Waals surface area contributed by atoms with E-state index >= 15 is 0 Å². The normalized spacial score (nSPS) is 11.2. The van der Waals surface area contributed by atoms with Crippen molar-refractivity contribution < 1.29 is 8.78 Å². The van der Waals surface area contributed by atoms with Crippen molar-refractivity contribution in [2.75, 3.05) is 0 Å². The number of benzene rings is 4. The first kappa shape index (κ1) is 14.4. The van der Waals surface area contributed by atoms with Gasteiger partial charge >= 0.3 is 139 Å². The standard InChI is InChI=1S/C20H12F2Se/c21-14-11-17-16-9-5-4-6-13(16)10-19(20(17)18(22)12-14)23-15-7-2-1-3-8-15/h1-12H. The van der Waals surface area contributed by atoms with E-state index in [4.69, 9.17) is 0 Å². The van der Waals surface area contributed by atoms with E-state index in [2.05, 4.69) is 0 Å². The molecule has 0 nitrogen and oxygen atoms in total. The van der Waals surface area contributed by atoms with Gasteiger partial charge in [0.05, 0.1) is 0 Å². The minimum atomic E-state index is -0.537. The van der Waals surface area contributed by atoms with Gasteiger partial charge in [-0.25, -0.2) is 0 Å². The van der Waals surface area contributed by atoms with E-state index in [1.165, 1.54) is 10.5 Å². The maximum atomic E-state index is 14.5. The minimum absolute atomic E-state index is 0.0395. The summed E-state index contributed by atoms with van der Waals surface area (Å²) in [5, 5.41) is 3.08. The first-order valence-electron chi connectivity index (χ1n) is 7.26. The molecule has 0 unspecified atom stereocenters. The average Bonchev–Trinajstić information content (AvgIpc) is 2.55. The van der Waals surface area contributed by atoms with Gasteiger partial charge in [0.25, 0.3) is 0 Å². The summed E-state index contributed by atoms with van der Waals surface area (Å²) in [6.45, 7) is 0. The first-order valence-corrected chi connectivity index (χ1v) is 8.97. The Morgan fingerprint density at radius 1 is 0.696 bits per heavy atom. The average molecular weight is 369 g/mol. The van der Waals surface area contributed by atoms with E-state index in [1.807, 2.05) is 60.7 Å². The molecule has 0 aliphatic carbocycles. The second-order valence-electron chi connectivity index (χ2n) is 5.32. The zero-order chi connectivity index (χ0) is 15.8. The van der Waals surface area contributed by atoms with Crippen molar-refractivity contribution in [1.82, 2.24) is 0 Å². The van der Waals surface area contributed by atoms with Crippen LogP contribution in [-0.2, 0) is 0 Å². The van der Waals surface area contributed by atoms with E-state index in [0.717, 1.165) is 21.3 Å². The number of hydrogen-bond acceptors (Lipinski definition) is 0. The molecule has 0 aliphatic heterocycles. The van der Waals surface area contributed by atoms with Gasteiger partial charge < -0.3 is 0 Å². The molecule has 4 aromatic rings. The van der Waals surface area contributed by atoms with Crippen LogP contribution in [0.1, 0.15) is 0 Å². The Morgan fingerprint density at radius 3 is 2.26 bits per heavy atom. The number of rotatable bonds is 2. The molecule has 0 saturated heterocycles. The van der Waals surface area contributed by atoms with E-state index in [-0.39, 0.29) is 15.0 Å². The van der Waals surface area contributed by atoms with Gasteiger partial charge in [-0.15, -0.1) is 0 Å². The Bertz CT molecular complexity index is 1010. The third-order valence-electron chi connectivity index (χ3n) is 3.81. The van der Waals surface area contributed by atoms with E-state index in [0.29, 0.717) is 10.8 Å². The van der Waals surface area contributed by atoms with Crippen molar-refractivity contribution in [3.63, 3.8) is 0 Å². The summed E-state index contributed by atoms with van der Waals surface area (Å²) in [7, 11) is 0. The fourth-order valence-electron chi connectivity index (χ4n) is 2.81. The molecule has 0 bridgehead atoms. The van der Waals surface area contributed by atoms with Crippen molar-refractivity contribution in [1.29, 1.82) is 0 Å². The molecule has 0 atom stereocenters. The summed E-state index contributed by atoms with van der Waals surface area (Å²) in [5.41, 5.74) is 0. The molecule has 3 heteroatoms. The zero-order valence-electron chi connectivity index (χ0n) is 12.1. The van der Waals surface area contributed by atoms with E-state index in [1.54, 1.807) is 0 Å². The molecule has 4 rings (SSSR count). The number of hydrogen-bond donors (Lipinski definition) is 0. The van der Waals surface area contributed by atoms with Gasteiger partial charge in [0.15, 0.2) is 0 Å². The molecule has 23 heavy (non-hydrogen) atoms. The molecule has 112 valence electrons. The second-order valence-corrected chi connectivity index (χ2v) is 7.66. The Hall–Kier alpha value is -2.22. The van der Waals surface area contributed by atoms with Crippen LogP contribution in [0, 0.1) is 11.6 Å². The molecular weight excluding hydrogens is 357 g/mol. The molecule has 0 N–H and O–H groups in total. The predicted molar refractivity (Wildman–Crippen MR) is 92.8 cm³/mol. The number of halogens is 2.